The van der Waals surface area contributed by atoms with Crippen molar-refractivity contribution in [1.29, 1.82) is 0 Å². The molecule has 10 heteroatoms. The molecule has 9 nitrogen and oxygen atoms in total. The third kappa shape index (κ3) is 4.50. The third-order valence-electron chi connectivity index (χ3n) is 3.92. The van der Waals surface area contributed by atoms with E-state index in [1.807, 2.05) is 38.1 Å². The van der Waals surface area contributed by atoms with E-state index < -0.39 is 0 Å². The minimum Gasteiger partial charge on any atom is -0.355 e. The van der Waals surface area contributed by atoms with E-state index in [4.69, 9.17) is 0 Å². The molecule has 148 valence electrons. The number of fused-ring (bicyclic) bond motifs is 1. The molecule has 0 atom stereocenters. The number of aryl methyl sites for hydroxylation is 1. The zero-order valence-corrected chi connectivity index (χ0v) is 17.0. The normalized spacial score (nSPS) is 10.8. The van der Waals surface area contributed by atoms with E-state index >= 15 is 0 Å². The summed E-state index contributed by atoms with van der Waals surface area (Å²) in [7, 11) is 0. The molecule has 3 aromatic rings. The molecule has 0 radical (unpaired) electrons. The maximum Gasteiger partial charge on any atom is 0.261 e. The number of benzene rings is 1. The summed E-state index contributed by atoms with van der Waals surface area (Å²) >= 11 is 1.29. The number of rotatable bonds is 9. The topological polar surface area (TPSA) is 109 Å². The van der Waals surface area contributed by atoms with Crippen molar-refractivity contribution in [3.63, 3.8) is 0 Å². The lowest BCUT2D eigenvalue weighted by Crippen LogP contribution is -2.16. The number of nitrogens with one attached hydrogen (secondary N) is 3. The van der Waals surface area contributed by atoms with Crippen molar-refractivity contribution in [1.82, 2.24) is 24.6 Å². The van der Waals surface area contributed by atoms with Gasteiger partial charge in [0.15, 0.2) is 5.16 Å². The van der Waals surface area contributed by atoms with Gasteiger partial charge >= 0.3 is 0 Å². The number of hydrogen-bond donors (Lipinski definition) is 3. The predicted molar refractivity (Wildman–Crippen MR) is 112 cm³/mol. The maximum absolute atomic E-state index is 12.4. The van der Waals surface area contributed by atoms with Gasteiger partial charge in [-0.2, -0.15) is 9.97 Å². The third-order valence-corrected chi connectivity index (χ3v) is 4.85. The van der Waals surface area contributed by atoms with E-state index in [2.05, 4.69) is 43.0 Å². The molecule has 0 saturated carbocycles. The molecule has 28 heavy (non-hydrogen) atoms. The van der Waals surface area contributed by atoms with Crippen LogP contribution in [0.5, 0.6) is 0 Å². The van der Waals surface area contributed by atoms with Crippen LogP contribution in [-0.4, -0.2) is 49.3 Å². The summed E-state index contributed by atoms with van der Waals surface area (Å²) in [6, 6.07) is 7.80. The fourth-order valence-corrected chi connectivity index (χ4v) is 3.39. The first-order valence-electron chi connectivity index (χ1n) is 9.27. The molecule has 2 aromatic heterocycles. The highest BCUT2D eigenvalue weighted by molar-refractivity contribution is 7.99. The summed E-state index contributed by atoms with van der Waals surface area (Å²) in [5, 5.41) is 18.1. The molecule has 0 saturated heterocycles. The van der Waals surface area contributed by atoms with Crippen LogP contribution in [0.15, 0.2) is 29.4 Å². The maximum atomic E-state index is 12.4. The van der Waals surface area contributed by atoms with Crippen molar-refractivity contribution in [2.24, 2.45) is 0 Å². The second-order valence-corrected chi connectivity index (χ2v) is 6.84. The van der Waals surface area contributed by atoms with E-state index in [1.54, 1.807) is 4.40 Å². The molecular weight excluding hydrogens is 376 g/mol. The van der Waals surface area contributed by atoms with Crippen molar-refractivity contribution in [2.45, 2.75) is 32.3 Å². The van der Waals surface area contributed by atoms with Gasteiger partial charge in [-0.3, -0.25) is 4.79 Å². The van der Waals surface area contributed by atoms with Gasteiger partial charge in [-0.15, -0.1) is 10.2 Å². The van der Waals surface area contributed by atoms with Gasteiger partial charge in [0, 0.05) is 18.8 Å². The zero-order valence-electron chi connectivity index (χ0n) is 16.2. The summed E-state index contributed by atoms with van der Waals surface area (Å²) in [6.45, 7) is 7.41. The highest BCUT2D eigenvalue weighted by Crippen LogP contribution is 2.22. The van der Waals surface area contributed by atoms with Crippen LogP contribution >= 0.6 is 11.8 Å². The Morgan fingerprint density at radius 2 is 1.86 bits per heavy atom. The largest absolute Gasteiger partial charge is 0.355 e. The lowest BCUT2D eigenvalue weighted by Gasteiger charge is -2.10. The molecule has 2 heterocycles. The van der Waals surface area contributed by atoms with E-state index in [0.717, 1.165) is 17.7 Å². The van der Waals surface area contributed by atoms with E-state index in [-0.39, 0.29) is 11.7 Å². The van der Waals surface area contributed by atoms with Crippen LogP contribution in [0.25, 0.3) is 5.78 Å². The van der Waals surface area contributed by atoms with Crippen LogP contribution in [0.2, 0.25) is 0 Å². The standard InChI is InChI=1S/C18H24N8OS/c1-4-12-9-7-8-10-13(12)21-14(27)11-28-18-25-24-17-23-15(19-5-2)22-16(20-6-3)26(17)18/h7-10H,4-6,11H2,1-3H3,(H,21,27)(H2,19,20,22,23,24). The summed E-state index contributed by atoms with van der Waals surface area (Å²) in [5.41, 5.74) is 1.95. The van der Waals surface area contributed by atoms with E-state index in [0.29, 0.717) is 35.9 Å². The Hall–Kier alpha value is -2.88. The first kappa shape index (κ1) is 19.9. The summed E-state index contributed by atoms with van der Waals surface area (Å²) in [6.07, 6.45) is 0.857. The SMILES string of the molecule is CCNc1nc(NCC)n2c(SCC(=O)Nc3ccccc3CC)nnc2n1. The van der Waals surface area contributed by atoms with Gasteiger partial charge in [0.05, 0.1) is 5.75 Å². The Bertz CT molecular complexity index is 958. The molecule has 0 aliphatic rings. The summed E-state index contributed by atoms with van der Waals surface area (Å²) < 4.78 is 1.72. The Labute approximate surface area is 167 Å². The molecule has 3 rings (SSSR count). The first-order chi connectivity index (χ1) is 13.7. The summed E-state index contributed by atoms with van der Waals surface area (Å²) in [5.74, 6) is 1.62. The molecule has 0 aliphatic heterocycles. The van der Waals surface area contributed by atoms with Crippen LogP contribution in [0.4, 0.5) is 17.6 Å². The van der Waals surface area contributed by atoms with Crippen molar-refractivity contribution < 1.29 is 4.79 Å². The number of carbonyl (C=O) groups excluding carboxylic acids is 1. The smallest absolute Gasteiger partial charge is 0.261 e. The summed E-state index contributed by atoms with van der Waals surface area (Å²) in [4.78, 5) is 21.2. The minimum atomic E-state index is -0.0992. The lowest BCUT2D eigenvalue weighted by atomic mass is 10.1. The predicted octanol–water partition coefficient (Wildman–Crippen LogP) is 2.68. The van der Waals surface area contributed by atoms with Gasteiger partial charge in [0.2, 0.25) is 17.8 Å². The number of carbonyl (C=O) groups is 1. The fourth-order valence-electron chi connectivity index (χ4n) is 2.66. The van der Waals surface area contributed by atoms with Gasteiger partial charge in [0.1, 0.15) is 0 Å². The van der Waals surface area contributed by atoms with Gasteiger partial charge < -0.3 is 16.0 Å². The second-order valence-electron chi connectivity index (χ2n) is 5.90. The molecule has 1 aromatic carbocycles. The van der Waals surface area contributed by atoms with Gasteiger partial charge in [-0.05, 0) is 31.9 Å². The van der Waals surface area contributed by atoms with Crippen LogP contribution in [0.1, 0.15) is 26.3 Å². The van der Waals surface area contributed by atoms with Gasteiger partial charge in [-0.25, -0.2) is 4.40 Å². The number of anilines is 3. The number of para-hydroxylation sites is 1. The Kier molecular flexibility index (Phi) is 6.64. The van der Waals surface area contributed by atoms with Crippen LogP contribution < -0.4 is 16.0 Å². The molecule has 0 unspecified atom stereocenters. The monoisotopic (exact) mass is 400 g/mol. The average molecular weight is 401 g/mol. The molecule has 0 spiro atoms. The highest BCUT2D eigenvalue weighted by Gasteiger charge is 2.16. The van der Waals surface area contributed by atoms with Gasteiger partial charge in [0.25, 0.3) is 5.78 Å². The number of thioether (sulfide) groups is 1. The van der Waals surface area contributed by atoms with Crippen molar-refractivity contribution in [3.8, 4) is 0 Å². The van der Waals surface area contributed by atoms with Crippen LogP contribution in [0, 0.1) is 0 Å². The van der Waals surface area contributed by atoms with Crippen LogP contribution in [0.3, 0.4) is 0 Å². The molecule has 1 amide bonds. The minimum absolute atomic E-state index is 0.0992. The molecule has 0 bridgehead atoms. The number of hydrogen-bond acceptors (Lipinski definition) is 8. The Morgan fingerprint density at radius 3 is 2.61 bits per heavy atom. The lowest BCUT2D eigenvalue weighted by molar-refractivity contribution is -0.113. The molecule has 0 fully saturated rings. The molecule has 0 aliphatic carbocycles. The second kappa shape index (κ2) is 9.36. The number of aromatic nitrogens is 5. The van der Waals surface area contributed by atoms with Crippen LogP contribution in [-0.2, 0) is 11.2 Å². The van der Waals surface area contributed by atoms with Gasteiger partial charge in [-0.1, -0.05) is 36.9 Å². The molecular formula is C18H24N8OS. The highest BCUT2D eigenvalue weighted by atomic mass is 32.2. The molecule has 3 N–H and O–H groups in total. The Balaban J connectivity index is 1.76. The van der Waals surface area contributed by atoms with Crippen molar-refractivity contribution in [2.75, 3.05) is 34.8 Å². The average Bonchev–Trinajstić information content (AvgIpc) is 3.10. The van der Waals surface area contributed by atoms with E-state index in [1.165, 1.54) is 11.8 Å². The zero-order chi connectivity index (χ0) is 19.9. The number of nitrogens with zero attached hydrogens (tertiary/aromatic N) is 5. The fraction of sp³-hybridized carbons (Fsp3) is 0.389. The Morgan fingerprint density at radius 1 is 1.07 bits per heavy atom. The first-order valence-corrected chi connectivity index (χ1v) is 10.3. The van der Waals surface area contributed by atoms with Crippen molar-refractivity contribution >= 4 is 41.0 Å². The van der Waals surface area contributed by atoms with Crippen molar-refractivity contribution in [3.05, 3.63) is 29.8 Å². The number of amides is 1. The quantitative estimate of drug-likeness (QED) is 0.470. The van der Waals surface area contributed by atoms with E-state index in [9.17, 15) is 4.79 Å².